The first kappa shape index (κ1) is 8.19. The van der Waals surface area contributed by atoms with Crippen molar-refractivity contribution >= 4 is 5.69 Å². The third kappa shape index (κ3) is 2.26. The molecule has 1 N–H and O–H groups in total. The highest BCUT2D eigenvalue weighted by Gasteiger charge is 2.06. The lowest BCUT2D eigenvalue weighted by Crippen LogP contribution is -2.18. The van der Waals surface area contributed by atoms with E-state index in [-0.39, 0.29) is 0 Å². The summed E-state index contributed by atoms with van der Waals surface area (Å²) in [5, 5.41) is 3.41. The Hall–Kier alpha value is -1.42. The summed E-state index contributed by atoms with van der Waals surface area (Å²) in [5.74, 6) is 6.35. The number of hydrogen-bond acceptors (Lipinski definition) is 1. The minimum Gasteiger partial charge on any atom is -0.372 e. The van der Waals surface area contributed by atoms with Crippen molar-refractivity contribution in [1.29, 1.82) is 0 Å². The van der Waals surface area contributed by atoms with Gasteiger partial charge in [0.15, 0.2) is 0 Å². The van der Waals surface area contributed by atoms with Crippen molar-refractivity contribution in [2.45, 2.75) is 25.3 Å². The van der Waals surface area contributed by atoms with Crippen LogP contribution >= 0.6 is 0 Å². The number of benzene rings is 1. The van der Waals surface area contributed by atoms with E-state index in [4.69, 9.17) is 0 Å². The van der Waals surface area contributed by atoms with Crippen LogP contribution in [-0.2, 0) is 0 Å². The van der Waals surface area contributed by atoms with Gasteiger partial charge in [0.1, 0.15) is 0 Å². The summed E-state index contributed by atoms with van der Waals surface area (Å²) in [4.78, 5) is 0. The van der Waals surface area contributed by atoms with Gasteiger partial charge in [0, 0.05) is 12.1 Å². The zero-order chi connectivity index (χ0) is 8.93. The highest BCUT2D eigenvalue weighted by atomic mass is 14.9. The molecule has 1 nitrogen and oxygen atoms in total. The van der Waals surface area contributed by atoms with Crippen LogP contribution < -0.4 is 5.32 Å². The number of nitrogens with one attached hydrogen (secondary N) is 1. The van der Waals surface area contributed by atoms with Crippen molar-refractivity contribution in [2.75, 3.05) is 5.32 Å². The van der Waals surface area contributed by atoms with E-state index in [1.54, 1.807) is 0 Å². The van der Waals surface area contributed by atoms with E-state index in [0.717, 1.165) is 6.42 Å². The van der Waals surface area contributed by atoms with Crippen molar-refractivity contribution in [2.24, 2.45) is 0 Å². The first-order chi connectivity index (χ1) is 6.45. The third-order valence-corrected chi connectivity index (χ3v) is 2.19. The maximum Gasteiger partial charge on any atom is 0.0877 e. The van der Waals surface area contributed by atoms with E-state index < -0.39 is 0 Å². The summed E-state index contributed by atoms with van der Waals surface area (Å²) in [6, 6.07) is 10.6. The average Bonchev–Trinajstić information content (AvgIpc) is 2.21. The SMILES string of the molecule is C1#CC(Nc2ccccc2)CCC1. The van der Waals surface area contributed by atoms with Gasteiger partial charge in [-0.2, -0.15) is 0 Å². The molecule has 0 amide bonds. The third-order valence-electron chi connectivity index (χ3n) is 2.19. The van der Waals surface area contributed by atoms with Crippen LogP contribution in [0.25, 0.3) is 0 Å². The Kier molecular flexibility index (Phi) is 2.52. The minimum absolute atomic E-state index is 0.358. The van der Waals surface area contributed by atoms with E-state index in [9.17, 15) is 0 Å². The predicted molar refractivity (Wildman–Crippen MR) is 55.5 cm³/mol. The van der Waals surface area contributed by atoms with Crippen molar-refractivity contribution in [1.82, 2.24) is 0 Å². The summed E-state index contributed by atoms with van der Waals surface area (Å²) < 4.78 is 0. The summed E-state index contributed by atoms with van der Waals surface area (Å²) >= 11 is 0. The minimum atomic E-state index is 0.358. The van der Waals surface area contributed by atoms with E-state index in [1.165, 1.54) is 18.5 Å². The summed E-state index contributed by atoms with van der Waals surface area (Å²) in [7, 11) is 0. The van der Waals surface area contributed by atoms with E-state index in [1.807, 2.05) is 18.2 Å². The largest absolute Gasteiger partial charge is 0.372 e. The lowest BCUT2D eigenvalue weighted by Gasteiger charge is -2.15. The maximum absolute atomic E-state index is 3.41. The zero-order valence-corrected chi connectivity index (χ0v) is 7.59. The molecule has 0 radical (unpaired) electrons. The van der Waals surface area contributed by atoms with Gasteiger partial charge in [0.05, 0.1) is 6.04 Å². The Morgan fingerprint density at radius 3 is 2.77 bits per heavy atom. The lowest BCUT2D eigenvalue weighted by atomic mass is 10.1. The smallest absolute Gasteiger partial charge is 0.0877 e. The van der Waals surface area contributed by atoms with Gasteiger partial charge in [-0.15, -0.1) is 5.92 Å². The normalized spacial score (nSPS) is 20.2. The van der Waals surface area contributed by atoms with Crippen LogP contribution in [-0.4, -0.2) is 6.04 Å². The van der Waals surface area contributed by atoms with Crippen LogP contribution in [0.1, 0.15) is 19.3 Å². The highest BCUT2D eigenvalue weighted by molar-refractivity contribution is 5.45. The first-order valence-electron chi connectivity index (χ1n) is 4.75. The Morgan fingerprint density at radius 2 is 2.08 bits per heavy atom. The molecule has 1 unspecified atom stereocenters. The molecule has 0 bridgehead atoms. The van der Waals surface area contributed by atoms with Crippen molar-refractivity contribution in [3.63, 3.8) is 0 Å². The van der Waals surface area contributed by atoms with Gasteiger partial charge in [-0.05, 0) is 25.0 Å². The second-order valence-electron chi connectivity index (χ2n) is 3.28. The number of anilines is 1. The van der Waals surface area contributed by atoms with Crippen LogP contribution in [0.2, 0.25) is 0 Å². The monoisotopic (exact) mass is 171 g/mol. The fourth-order valence-corrected chi connectivity index (χ4v) is 1.51. The number of para-hydroxylation sites is 1. The van der Waals surface area contributed by atoms with E-state index in [2.05, 4.69) is 29.3 Å². The van der Waals surface area contributed by atoms with Crippen LogP contribution in [0.4, 0.5) is 5.69 Å². The molecule has 1 aliphatic rings. The number of hydrogen-bond donors (Lipinski definition) is 1. The molecule has 1 aliphatic carbocycles. The molecular formula is C12H13N. The molecule has 0 saturated carbocycles. The Balaban J connectivity index is 2.00. The van der Waals surface area contributed by atoms with Crippen LogP contribution in [0, 0.1) is 11.8 Å². The molecule has 0 spiro atoms. The molecule has 0 heterocycles. The molecule has 0 aromatic heterocycles. The van der Waals surface area contributed by atoms with E-state index >= 15 is 0 Å². The second-order valence-corrected chi connectivity index (χ2v) is 3.28. The first-order valence-corrected chi connectivity index (χ1v) is 4.75. The van der Waals surface area contributed by atoms with Crippen molar-refractivity contribution in [3.8, 4) is 11.8 Å². The highest BCUT2D eigenvalue weighted by Crippen LogP contribution is 2.12. The molecular weight excluding hydrogens is 158 g/mol. The number of rotatable bonds is 2. The Bertz CT molecular complexity index is 318. The van der Waals surface area contributed by atoms with Crippen LogP contribution in [0.3, 0.4) is 0 Å². The van der Waals surface area contributed by atoms with Gasteiger partial charge < -0.3 is 5.32 Å². The predicted octanol–water partition coefficient (Wildman–Crippen LogP) is 2.65. The van der Waals surface area contributed by atoms with Gasteiger partial charge in [-0.25, -0.2) is 0 Å². The molecule has 0 aliphatic heterocycles. The topological polar surface area (TPSA) is 12.0 Å². The standard InChI is InChI=1S/C12H13N/c1-3-7-11(8-4-1)13-12-9-5-2-6-10-12/h1,3-4,7-8,12-13H,2,5,9H2. The molecule has 13 heavy (non-hydrogen) atoms. The zero-order valence-electron chi connectivity index (χ0n) is 7.59. The lowest BCUT2D eigenvalue weighted by molar-refractivity contribution is 0.705. The van der Waals surface area contributed by atoms with Gasteiger partial charge >= 0.3 is 0 Å². The molecule has 1 atom stereocenters. The molecule has 1 aromatic rings. The molecule has 2 rings (SSSR count). The molecule has 0 fully saturated rings. The van der Waals surface area contributed by atoms with Crippen LogP contribution in [0.15, 0.2) is 30.3 Å². The second kappa shape index (κ2) is 4.00. The Morgan fingerprint density at radius 1 is 1.23 bits per heavy atom. The Labute approximate surface area is 79.2 Å². The van der Waals surface area contributed by atoms with Gasteiger partial charge in [0.25, 0.3) is 0 Å². The fraction of sp³-hybridized carbons (Fsp3) is 0.333. The van der Waals surface area contributed by atoms with Crippen molar-refractivity contribution < 1.29 is 0 Å². The quantitative estimate of drug-likeness (QED) is 0.674. The van der Waals surface area contributed by atoms with Gasteiger partial charge in [-0.1, -0.05) is 24.1 Å². The van der Waals surface area contributed by atoms with Gasteiger partial charge in [0.2, 0.25) is 0 Å². The molecule has 0 saturated heterocycles. The summed E-state index contributed by atoms with van der Waals surface area (Å²) in [6.07, 6.45) is 3.45. The van der Waals surface area contributed by atoms with Gasteiger partial charge in [-0.3, -0.25) is 0 Å². The molecule has 1 aromatic carbocycles. The average molecular weight is 171 g/mol. The summed E-state index contributed by atoms with van der Waals surface area (Å²) in [5.41, 5.74) is 1.17. The van der Waals surface area contributed by atoms with E-state index in [0.29, 0.717) is 6.04 Å². The maximum atomic E-state index is 3.41. The summed E-state index contributed by atoms with van der Waals surface area (Å²) in [6.45, 7) is 0. The molecule has 66 valence electrons. The molecule has 1 heteroatoms. The van der Waals surface area contributed by atoms with Crippen molar-refractivity contribution in [3.05, 3.63) is 30.3 Å². The fourth-order valence-electron chi connectivity index (χ4n) is 1.51. The van der Waals surface area contributed by atoms with Crippen LogP contribution in [0.5, 0.6) is 0 Å².